The van der Waals surface area contributed by atoms with Crippen LogP contribution in [0.25, 0.3) is 0 Å². The number of hydrogen-bond donors (Lipinski definition) is 0. The van der Waals surface area contributed by atoms with Gasteiger partial charge in [0, 0.05) is 4.47 Å². The normalized spacial score (nSPS) is 13.3. The largest absolute Gasteiger partial charge is 0.466 e. The van der Waals surface area contributed by atoms with Crippen molar-refractivity contribution >= 4 is 45.1 Å². The molecule has 1 aromatic rings. The van der Waals surface area contributed by atoms with Crippen LogP contribution in [0.5, 0.6) is 0 Å². The number of esters is 1. The molecular weight excluding hydrogens is 342 g/mol. The smallest absolute Gasteiger partial charge is 0.313 e. The predicted octanol–water partition coefficient (Wildman–Crippen LogP) is 1.50. The van der Waals surface area contributed by atoms with E-state index in [0.717, 1.165) is 4.90 Å². The van der Waals surface area contributed by atoms with Crippen LogP contribution >= 0.6 is 15.9 Å². The third kappa shape index (κ3) is 3.02. The Morgan fingerprint density at radius 3 is 2.67 bits per heavy atom. The van der Waals surface area contributed by atoms with Gasteiger partial charge in [-0.3, -0.25) is 24.1 Å². The van der Waals surface area contributed by atoms with E-state index in [1.807, 2.05) is 0 Å². The van der Waals surface area contributed by atoms with E-state index in [4.69, 9.17) is 0 Å². The van der Waals surface area contributed by atoms with Gasteiger partial charge in [-0.15, -0.1) is 0 Å². The molecule has 1 aliphatic heterocycles. The Kier molecular flexibility index (Phi) is 4.52. The van der Waals surface area contributed by atoms with E-state index in [2.05, 4.69) is 20.7 Å². The second-order valence-electron chi connectivity index (χ2n) is 4.37. The Bertz CT molecular complexity index is 640. The summed E-state index contributed by atoms with van der Waals surface area (Å²) in [5.41, 5.74) is 0.614. The number of hydrogen-bond acceptors (Lipinski definition) is 5. The van der Waals surface area contributed by atoms with Crippen molar-refractivity contribution in [1.29, 1.82) is 0 Å². The molecule has 1 aliphatic rings. The maximum absolute atomic E-state index is 11.9. The lowest BCUT2D eigenvalue weighted by atomic mass is 10.1. The highest BCUT2D eigenvalue weighted by molar-refractivity contribution is 9.10. The standard InChI is InChI=1S/C14H12BrNO5/c1-2-21-11(18)6-8(17)7-16-10-5-3-4-9(15)12(10)13(19)14(16)20/h3-5H,2,6-7H2,1H3. The summed E-state index contributed by atoms with van der Waals surface area (Å²) in [6.45, 7) is 1.49. The fourth-order valence-corrected chi connectivity index (χ4v) is 2.60. The Morgan fingerprint density at radius 2 is 2.00 bits per heavy atom. The monoisotopic (exact) mass is 353 g/mol. The number of carbonyl (C=O) groups is 4. The average Bonchev–Trinajstić information content (AvgIpc) is 2.65. The predicted molar refractivity (Wildman–Crippen MR) is 77.1 cm³/mol. The molecule has 0 aromatic heterocycles. The number of ketones is 2. The molecule has 2 rings (SSSR count). The van der Waals surface area contributed by atoms with E-state index in [-0.39, 0.29) is 18.7 Å². The fourth-order valence-electron chi connectivity index (χ4n) is 2.06. The Labute approximate surface area is 129 Å². The van der Waals surface area contributed by atoms with Crippen LogP contribution in [0.15, 0.2) is 22.7 Å². The molecular formula is C14H12BrNO5. The van der Waals surface area contributed by atoms with Gasteiger partial charge in [0.05, 0.1) is 24.4 Å². The van der Waals surface area contributed by atoms with Gasteiger partial charge in [0.2, 0.25) is 0 Å². The molecule has 1 aromatic carbocycles. The van der Waals surface area contributed by atoms with Gasteiger partial charge in [0.25, 0.3) is 11.7 Å². The third-order valence-corrected chi connectivity index (χ3v) is 3.59. The molecule has 110 valence electrons. The average molecular weight is 354 g/mol. The molecule has 0 bridgehead atoms. The molecule has 0 saturated carbocycles. The number of rotatable bonds is 5. The fraction of sp³-hybridized carbons (Fsp3) is 0.286. The Balaban J connectivity index is 2.17. The Hall–Kier alpha value is -2.02. The zero-order valence-corrected chi connectivity index (χ0v) is 12.8. The molecule has 0 aliphatic carbocycles. The molecule has 21 heavy (non-hydrogen) atoms. The molecule has 0 atom stereocenters. The SMILES string of the molecule is CCOC(=O)CC(=O)CN1C(=O)C(=O)c2c(Br)cccc21. The van der Waals surface area contributed by atoms with Crippen molar-refractivity contribution in [2.75, 3.05) is 18.1 Å². The van der Waals surface area contributed by atoms with Gasteiger partial charge in [-0.25, -0.2) is 0 Å². The van der Waals surface area contributed by atoms with Gasteiger partial charge < -0.3 is 4.74 Å². The van der Waals surface area contributed by atoms with Crippen LogP contribution in [0.4, 0.5) is 5.69 Å². The van der Waals surface area contributed by atoms with Crippen molar-refractivity contribution in [3.05, 3.63) is 28.2 Å². The first-order chi connectivity index (χ1) is 9.95. The molecule has 7 heteroatoms. The van der Waals surface area contributed by atoms with Crippen molar-refractivity contribution in [2.24, 2.45) is 0 Å². The number of benzene rings is 1. The molecule has 6 nitrogen and oxygen atoms in total. The van der Waals surface area contributed by atoms with E-state index >= 15 is 0 Å². The summed E-state index contributed by atoms with van der Waals surface area (Å²) >= 11 is 3.21. The number of halogens is 1. The zero-order valence-electron chi connectivity index (χ0n) is 11.2. The molecule has 0 spiro atoms. The van der Waals surface area contributed by atoms with Crippen LogP contribution < -0.4 is 4.90 Å². The van der Waals surface area contributed by atoms with E-state index in [1.165, 1.54) is 0 Å². The van der Waals surface area contributed by atoms with Gasteiger partial charge >= 0.3 is 5.97 Å². The number of amides is 1. The van der Waals surface area contributed by atoms with Gasteiger partial charge in [-0.05, 0) is 35.0 Å². The highest BCUT2D eigenvalue weighted by Gasteiger charge is 2.38. The summed E-state index contributed by atoms with van der Waals surface area (Å²) in [7, 11) is 0. The highest BCUT2D eigenvalue weighted by Crippen LogP contribution is 2.34. The number of fused-ring (bicyclic) bond motifs is 1. The molecule has 0 saturated heterocycles. The second-order valence-corrected chi connectivity index (χ2v) is 5.23. The van der Waals surface area contributed by atoms with E-state index in [0.29, 0.717) is 10.2 Å². The first-order valence-electron chi connectivity index (χ1n) is 6.27. The minimum Gasteiger partial charge on any atom is -0.466 e. The molecule has 1 heterocycles. The van der Waals surface area contributed by atoms with Crippen LogP contribution in [-0.2, 0) is 19.1 Å². The summed E-state index contributed by atoms with van der Waals surface area (Å²) in [6, 6.07) is 4.89. The third-order valence-electron chi connectivity index (χ3n) is 2.93. The summed E-state index contributed by atoms with van der Waals surface area (Å²) < 4.78 is 5.17. The zero-order chi connectivity index (χ0) is 15.6. The van der Waals surface area contributed by atoms with Gasteiger partial charge in [0.15, 0.2) is 5.78 Å². The van der Waals surface area contributed by atoms with Crippen LogP contribution in [-0.4, -0.2) is 36.6 Å². The molecule has 0 N–H and O–H groups in total. The van der Waals surface area contributed by atoms with E-state index in [1.54, 1.807) is 25.1 Å². The number of Topliss-reactive ketones (excluding diaryl/α,β-unsaturated/α-hetero) is 2. The maximum Gasteiger partial charge on any atom is 0.313 e. The first-order valence-corrected chi connectivity index (χ1v) is 7.07. The molecule has 0 unspecified atom stereocenters. The van der Waals surface area contributed by atoms with Crippen molar-refractivity contribution in [2.45, 2.75) is 13.3 Å². The summed E-state index contributed by atoms with van der Waals surface area (Å²) in [5, 5.41) is 0. The molecule has 0 fully saturated rings. The van der Waals surface area contributed by atoms with Gasteiger partial charge in [0.1, 0.15) is 6.42 Å². The number of anilines is 1. The summed E-state index contributed by atoms with van der Waals surface area (Å²) in [4.78, 5) is 48.0. The van der Waals surface area contributed by atoms with Crippen LogP contribution in [0.3, 0.4) is 0 Å². The van der Waals surface area contributed by atoms with Crippen LogP contribution in [0.2, 0.25) is 0 Å². The van der Waals surface area contributed by atoms with Crippen LogP contribution in [0.1, 0.15) is 23.7 Å². The lowest BCUT2D eigenvalue weighted by Gasteiger charge is -2.15. The summed E-state index contributed by atoms with van der Waals surface area (Å²) in [6.07, 6.45) is -0.421. The van der Waals surface area contributed by atoms with Crippen molar-refractivity contribution in [3.8, 4) is 0 Å². The first kappa shape index (κ1) is 15.4. The minimum atomic E-state index is -0.769. The number of ether oxygens (including phenoxy) is 1. The highest BCUT2D eigenvalue weighted by atomic mass is 79.9. The number of nitrogens with zero attached hydrogens (tertiary/aromatic N) is 1. The molecule has 0 radical (unpaired) electrons. The quantitative estimate of drug-likeness (QED) is 0.455. The summed E-state index contributed by atoms with van der Waals surface area (Å²) in [5.74, 6) is -2.56. The van der Waals surface area contributed by atoms with Crippen molar-refractivity contribution < 1.29 is 23.9 Å². The van der Waals surface area contributed by atoms with Gasteiger partial charge in [-0.1, -0.05) is 6.07 Å². The van der Waals surface area contributed by atoms with E-state index < -0.39 is 29.9 Å². The van der Waals surface area contributed by atoms with Gasteiger partial charge in [-0.2, -0.15) is 0 Å². The maximum atomic E-state index is 11.9. The van der Waals surface area contributed by atoms with Crippen molar-refractivity contribution in [1.82, 2.24) is 0 Å². The second kappa shape index (κ2) is 6.17. The lowest BCUT2D eigenvalue weighted by molar-refractivity contribution is -0.145. The Morgan fingerprint density at radius 1 is 1.29 bits per heavy atom. The number of carbonyl (C=O) groups excluding carboxylic acids is 4. The minimum absolute atomic E-state index is 0.184. The topological polar surface area (TPSA) is 80.8 Å². The van der Waals surface area contributed by atoms with Crippen molar-refractivity contribution in [3.63, 3.8) is 0 Å². The molecule has 1 amide bonds. The van der Waals surface area contributed by atoms with Crippen LogP contribution in [0, 0.1) is 0 Å². The lowest BCUT2D eigenvalue weighted by Crippen LogP contribution is -2.35. The van der Waals surface area contributed by atoms with E-state index in [9.17, 15) is 19.2 Å².